The van der Waals surface area contributed by atoms with E-state index in [1.807, 2.05) is 12.1 Å². The van der Waals surface area contributed by atoms with Crippen LogP contribution in [0.15, 0.2) is 48.5 Å². The average Bonchev–Trinajstić information content (AvgIpc) is 2.62. The molecule has 1 heterocycles. The maximum Gasteiger partial charge on any atom is 0.176 e. The Morgan fingerprint density at radius 2 is 1.50 bits per heavy atom. The SMILES string of the molecule is C#CC(O)(c1ccc(F)cc1)c1ccc(N2CCC(O)CC2)cc1. The minimum absolute atomic E-state index is 0.217. The van der Waals surface area contributed by atoms with Gasteiger partial charge in [-0.05, 0) is 37.1 Å². The quantitative estimate of drug-likeness (QED) is 0.853. The molecule has 2 aromatic carbocycles. The van der Waals surface area contributed by atoms with Gasteiger partial charge in [0.15, 0.2) is 5.60 Å². The van der Waals surface area contributed by atoms with Crippen molar-refractivity contribution in [1.29, 1.82) is 0 Å². The Morgan fingerprint density at radius 3 is 2.00 bits per heavy atom. The molecule has 0 amide bonds. The monoisotopic (exact) mass is 325 g/mol. The fraction of sp³-hybridized carbons (Fsp3) is 0.300. The van der Waals surface area contributed by atoms with Crippen LogP contribution in [0.1, 0.15) is 24.0 Å². The standard InChI is InChI=1S/C20H20FNO2/c1-2-20(24,15-3-7-17(21)8-4-15)16-5-9-18(10-6-16)22-13-11-19(23)12-14-22/h1,3-10,19,23-24H,11-14H2. The predicted octanol–water partition coefficient (Wildman–Crippen LogP) is 2.66. The molecule has 0 spiro atoms. The first kappa shape index (κ1) is 16.5. The largest absolute Gasteiger partial charge is 0.393 e. The average molecular weight is 325 g/mol. The number of hydrogen-bond acceptors (Lipinski definition) is 3. The van der Waals surface area contributed by atoms with Gasteiger partial charge < -0.3 is 15.1 Å². The van der Waals surface area contributed by atoms with Crippen LogP contribution in [0, 0.1) is 18.2 Å². The summed E-state index contributed by atoms with van der Waals surface area (Å²) in [5.41, 5.74) is 0.464. The summed E-state index contributed by atoms with van der Waals surface area (Å²) in [6, 6.07) is 13.0. The van der Waals surface area contributed by atoms with Crippen molar-refractivity contribution >= 4 is 5.69 Å². The number of hydrogen-bond donors (Lipinski definition) is 2. The number of halogens is 1. The highest BCUT2D eigenvalue weighted by Gasteiger charge is 2.29. The van der Waals surface area contributed by atoms with Crippen LogP contribution in [0.25, 0.3) is 0 Å². The van der Waals surface area contributed by atoms with Crippen LogP contribution in [0.5, 0.6) is 0 Å². The van der Waals surface area contributed by atoms with E-state index in [0.29, 0.717) is 11.1 Å². The van der Waals surface area contributed by atoms with E-state index < -0.39 is 5.60 Å². The number of benzene rings is 2. The van der Waals surface area contributed by atoms with Crippen molar-refractivity contribution in [2.24, 2.45) is 0 Å². The van der Waals surface area contributed by atoms with Crippen LogP contribution >= 0.6 is 0 Å². The number of aliphatic hydroxyl groups excluding tert-OH is 1. The van der Waals surface area contributed by atoms with Crippen LogP contribution in [0.3, 0.4) is 0 Å². The van der Waals surface area contributed by atoms with Crippen LogP contribution in [0.2, 0.25) is 0 Å². The third-order valence-electron chi connectivity index (χ3n) is 4.59. The second-order valence-electron chi connectivity index (χ2n) is 6.13. The summed E-state index contributed by atoms with van der Waals surface area (Å²) < 4.78 is 13.1. The Hall–Kier alpha value is -2.35. The van der Waals surface area contributed by atoms with Gasteiger partial charge in [0, 0.05) is 29.9 Å². The predicted molar refractivity (Wildman–Crippen MR) is 92.1 cm³/mol. The molecule has 2 N–H and O–H groups in total. The lowest BCUT2D eigenvalue weighted by Crippen LogP contribution is -2.35. The zero-order valence-electron chi connectivity index (χ0n) is 13.3. The third kappa shape index (κ3) is 3.14. The second-order valence-corrected chi connectivity index (χ2v) is 6.13. The molecule has 1 fully saturated rings. The summed E-state index contributed by atoms with van der Waals surface area (Å²) in [7, 11) is 0. The van der Waals surface area contributed by atoms with Crippen molar-refractivity contribution < 1.29 is 14.6 Å². The van der Waals surface area contributed by atoms with Crippen LogP contribution in [-0.2, 0) is 5.60 Å². The van der Waals surface area contributed by atoms with Gasteiger partial charge in [-0.25, -0.2) is 4.39 Å². The lowest BCUT2D eigenvalue weighted by Gasteiger charge is -2.32. The van der Waals surface area contributed by atoms with Crippen molar-refractivity contribution in [2.75, 3.05) is 18.0 Å². The van der Waals surface area contributed by atoms with Crippen molar-refractivity contribution in [3.05, 3.63) is 65.5 Å². The topological polar surface area (TPSA) is 43.7 Å². The smallest absolute Gasteiger partial charge is 0.176 e. The summed E-state index contributed by atoms with van der Waals surface area (Å²) in [6.07, 6.45) is 6.87. The van der Waals surface area contributed by atoms with Gasteiger partial charge in [-0.1, -0.05) is 30.2 Å². The third-order valence-corrected chi connectivity index (χ3v) is 4.59. The van der Waals surface area contributed by atoms with E-state index in [2.05, 4.69) is 10.8 Å². The highest BCUT2D eigenvalue weighted by Crippen LogP contribution is 2.31. The molecular weight excluding hydrogens is 305 g/mol. The number of piperidine rings is 1. The molecule has 1 aliphatic heterocycles. The van der Waals surface area contributed by atoms with Crippen LogP contribution < -0.4 is 4.90 Å². The molecule has 3 rings (SSSR count). The van der Waals surface area contributed by atoms with E-state index in [9.17, 15) is 14.6 Å². The van der Waals surface area contributed by atoms with Crippen LogP contribution in [0.4, 0.5) is 10.1 Å². The van der Waals surface area contributed by atoms with E-state index in [4.69, 9.17) is 6.42 Å². The normalized spacial score (nSPS) is 18.0. The molecule has 124 valence electrons. The molecule has 1 saturated heterocycles. The van der Waals surface area contributed by atoms with Crippen molar-refractivity contribution in [1.82, 2.24) is 0 Å². The second kappa shape index (κ2) is 6.64. The summed E-state index contributed by atoms with van der Waals surface area (Å²) in [4.78, 5) is 2.20. The molecule has 0 saturated carbocycles. The van der Waals surface area contributed by atoms with Gasteiger partial charge in [-0.2, -0.15) is 0 Å². The molecule has 3 nitrogen and oxygen atoms in total. The molecule has 4 heteroatoms. The Labute approximate surface area is 141 Å². The van der Waals surface area contributed by atoms with Gasteiger partial charge in [-0.15, -0.1) is 6.42 Å². The molecule has 1 aliphatic rings. The van der Waals surface area contributed by atoms with E-state index >= 15 is 0 Å². The van der Waals surface area contributed by atoms with Crippen molar-refractivity contribution in [3.63, 3.8) is 0 Å². The Balaban J connectivity index is 1.85. The van der Waals surface area contributed by atoms with E-state index in [-0.39, 0.29) is 11.9 Å². The maximum absolute atomic E-state index is 13.1. The number of aliphatic hydroxyl groups is 2. The Kier molecular flexibility index (Phi) is 4.57. The first-order valence-corrected chi connectivity index (χ1v) is 8.02. The molecule has 1 atom stereocenters. The molecular formula is C20H20FNO2. The fourth-order valence-corrected chi connectivity index (χ4v) is 3.06. The van der Waals surface area contributed by atoms with Gasteiger partial charge >= 0.3 is 0 Å². The molecule has 24 heavy (non-hydrogen) atoms. The summed E-state index contributed by atoms with van der Waals surface area (Å²) in [5, 5.41) is 20.5. The highest BCUT2D eigenvalue weighted by molar-refractivity contribution is 5.52. The van der Waals surface area contributed by atoms with E-state index in [1.54, 1.807) is 12.1 Å². The highest BCUT2D eigenvalue weighted by atomic mass is 19.1. The molecule has 0 aromatic heterocycles. The molecule has 0 aliphatic carbocycles. The number of nitrogens with zero attached hydrogens (tertiary/aromatic N) is 1. The zero-order valence-corrected chi connectivity index (χ0v) is 13.3. The van der Waals surface area contributed by atoms with Gasteiger partial charge in [-0.3, -0.25) is 0 Å². The number of rotatable bonds is 3. The molecule has 0 bridgehead atoms. The lowest BCUT2D eigenvalue weighted by molar-refractivity contribution is 0.145. The summed E-state index contributed by atoms with van der Waals surface area (Å²) in [5.74, 6) is 2.05. The van der Waals surface area contributed by atoms with Crippen LogP contribution in [-0.4, -0.2) is 29.4 Å². The molecule has 0 radical (unpaired) electrons. The Morgan fingerprint density at radius 1 is 1.00 bits per heavy atom. The van der Waals surface area contributed by atoms with Gasteiger partial charge in [0.2, 0.25) is 0 Å². The molecule has 2 aromatic rings. The lowest BCUT2D eigenvalue weighted by atomic mass is 9.87. The number of terminal acetylenes is 1. The Bertz CT molecular complexity index is 728. The first-order chi connectivity index (χ1) is 11.5. The number of anilines is 1. The minimum atomic E-state index is -1.59. The maximum atomic E-state index is 13.1. The first-order valence-electron chi connectivity index (χ1n) is 8.02. The fourth-order valence-electron chi connectivity index (χ4n) is 3.06. The minimum Gasteiger partial charge on any atom is -0.393 e. The van der Waals surface area contributed by atoms with Crippen molar-refractivity contribution in [2.45, 2.75) is 24.5 Å². The van der Waals surface area contributed by atoms with E-state index in [1.165, 1.54) is 24.3 Å². The van der Waals surface area contributed by atoms with Gasteiger partial charge in [0.25, 0.3) is 0 Å². The van der Waals surface area contributed by atoms with Crippen molar-refractivity contribution in [3.8, 4) is 12.3 Å². The van der Waals surface area contributed by atoms with Gasteiger partial charge in [0.1, 0.15) is 5.82 Å². The zero-order chi connectivity index (χ0) is 17.2. The van der Waals surface area contributed by atoms with Gasteiger partial charge in [0.05, 0.1) is 6.10 Å². The molecule has 1 unspecified atom stereocenters. The summed E-state index contributed by atoms with van der Waals surface area (Å²) in [6.45, 7) is 1.61. The van der Waals surface area contributed by atoms with E-state index in [0.717, 1.165) is 31.6 Å². The summed E-state index contributed by atoms with van der Waals surface area (Å²) >= 11 is 0.